The summed E-state index contributed by atoms with van der Waals surface area (Å²) >= 11 is 0. The Morgan fingerprint density at radius 2 is 1.82 bits per heavy atom. The summed E-state index contributed by atoms with van der Waals surface area (Å²) in [6.45, 7) is 2.15. The molecule has 0 saturated heterocycles. The number of unbranched alkanes of at least 4 members (excludes halogenated alkanes) is 2. The summed E-state index contributed by atoms with van der Waals surface area (Å²) in [6, 6.07) is 13.8. The molecule has 118 valence electrons. The number of nitrogens with two attached hydrogens (primary N) is 1. The zero-order valence-electron chi connectivity index (χ0n) is 12.7. The van der Waals surface area contributed by atoms with Crippen molar-refractivity contribution < 1.29 is 9.47 Å². The van der Waals surface area contributed by atoms with Crippen molar-refractivity contribution in [3.8, 4) is 5.75 Å². The highest BCUT2D eigenvalue weighted by atomic mass is 16.5. The lowest BCUT2D eigenvalue weighted by atomic mass is 10.2. The maximum absolute atomic E-state index is 5.65. The fourth-order valence-corrected chi connectivity index (χ4v) is 2.02. The number of ether oxygens (including phenoxy) is 2. The quantitative estimate of drug-likeness (QED) is 0.401. The van der Waals surface area contributed by atoms with E-state index in [0.29, 0.717) is 19.0 Å². The summed E-state index contributed by atoms with van der Waals surface area (Å²) in [5.41, 5.74) is 3.71. The van der Waals surface area contributed by atoms with E-state index in [1.165, 1.54) is 5.56 Å². The molecule has 5 heteroatoms. The second-order valence-electron chi connectivity index (χ2n) is 4.97. The molecule has 0 atom stereocenters. The lowest BCUT2D eigenvalue weighted by Gasteiger charge is -2.07. The SMILES string of the molecule is NNc1cc(OCCCCCOCc2ccccc2)ccn1. The Bertz CT molecular complexity index is 534. The van der Waals surface area contributed by atoms with Gasteiger partial charge in [-0.05, 0) is 30.9 Å². The Morgan fingerprint density at radius 3 is 2.64 bits per heavy atom. The fraction of sp³-hybridized carbons (Fsp3) is 0.353. The van der Waals surface area contributed by atoms with Gasteiger partial charge in [-0.3, -0.25) is 0 Å². The van der Waals surface area contributed by atoms with Crippen molar-refractivity contribution in [2.24, 2.45) is 5.84 Å². The summed E-state index contributed by atoms with van der Waals surface area (Å²) in [7, 11) is 0. The van der Waals surface area contributed by atoms with Gasteiger partial charge in [-0.15, -0.1) is 0 Å². The molecule has 22 heavy (non-hydrogen) atoms. The number of benzene rings is 1. The molecule has 0 spiro atoms. The molecule has 5 nitrogen and oxygen atoms in total. The van der Waals surface area contributed by atoms with Gasteiger partial charge in [0.05, 0.1) is 13.2 Å². The van der Waals surface area contributed by atoms with Gasteiger partial charge < -0.3 is 14.9 Å². The van der Waals surface area contributed by atoms with Crippen molar-refractivity contribution in [2.75, 3.05) is 18.6 Å². The van der Waals surface area contributed by atoms with Crippen LogP contribution in [-0.4, -0.2) is 18.2 Å². The standard InChI is InChI=1S/C17H23N3O2/c18-20-17-13-16(9-10-19-17)22-12-6-2-5-11-21-14-15-7-3-1-4-8-15/h1,3-4,7-10,13H,2,5-6,11-12,14,18H2,(H,19,20). The first-order valence-electron chi connectivity index (χ1n) is 7.55. The molecule has 0 unspecified atom stereocenters. The monoisotopic (exact) mass is 301 g/mol. The van der Waals surface area contributed by atoms with Gasteiger partial charge in [0.25, 0.3) is 0 Å². The smallest absolute Gasteiger partial charge is 0.143 e. The van der Waals surface area contributed by atoms with Gasteiger partial charge in [0.15, 0.2) is 0 Å². The van der Waals surface area contributed by atoms with Crippen molar-refractivity contribution in [1.29, 1.82) is 0 Å². The van der Waals surface area contributed by atoms with Crippen molar-refractivity contribution in [3.63, 3.8) is 0 Å². The summed E-state index contributed by atoms with van der Waals surface area (Å²) in [4.78, 5) is 4.03. The molecule has 1 heterocycles. The molecule has 3 N–H and O–H groups in total. The minimum Gasteiger partial charge on any atom is -0.493 e. The molecule has 0 bridgehead atoms. The van der Waals surface area contributed by atoms with E-state index in [2.05, 4.69) is 22.5 Å². The van der Waals surface area contributed by atoms with E-state index in [9.17, 15) is 0 Å². The Labute approximate surface area is 131 Å². The maximum Gasteiger partial charge on any atom is 0.143 e. The Hall–Kier alpha value is -2.11. The predicted molar refractivity (Wildman–Crippen MR) is 87.5 cm³/mol. The minimum atomic E-state index is 0.604. The highest BCUT2D eigenvalue weighted by Gasteiger charge is 1.97. The lowest BCUT2D eigenvalue weighted by Crippen LogP contribution is -2.08. The van der Waals surface area contributed by atoms with E-state index >= 15 is 0 Å². The highest BCUT2D eigenvalue weighted by molar-refractivity contribution is 5.39. The first-order chi connectivity index (χ1) is 10.9. The van der Waals surface area contributed by atoms with Crippen LogP contribution in [0, 0.1) is 0 Å². The molecule has 0 aliphatic heterocycles. The summed E-state index contributed by atoms with van der Waals surface area (Å²) < 4.78 is 11.3. The third kappa shape index (κ3) is 6.11. The fourth-order valence-electron chi connectivity index (χ4n) is 2.02. The number of hydrazine groups is 1. The van der Waals surface area contributed by atoms with Gasteiger partial charge in [0.2, 0.25) is 0 Å². The largest absolute Gasteiger partial charge is 0.493 e. The van der Waals surface area contributed by atoms with Gasteiger partial charge >= 0.3 is 0 Å². The molecule has 0 saturated carbocycles. The number of aromatic nitrogens is 1. The first kappa shape index (κ1) is 16.3. The van der Waals surface area contributed by atoms with Gasteiger partial charge in [0, 0.05) is 18.9 Å². The van der Waals surface area contributed by atoms with Crippen LogP contribution in [0.3, 0.4) is 0 Å². The van der Waals surface area contributed by atoms with Gasteiger partial charge in [-0.25, -0.2) is 10.8 Å². The lowest BCUT2D eigenvalue weighted by molar-refractivity contribution is 0.116. The van der Waals surface area contributed by atoms with Gasteiger partial charge in [0.1, 0.15) is 11.6 Å². The summed E-state index contributed by atoms with van der Waals surface area (Å²) in [5, 5.41) is 0. The van der Waals surface area contributed by atoms with E-state index in [1.54, 1.807) is 12.3 Å². The molecule has 0 fully saturated rings. The van der Waals surface area contributed by atoms with Crippen LogP contribution < -0.4 is 16.0 Å². The van der Waals surface area contributed by atoms with Crippen LogP contribution in [0.15, 0.2) is 48.7 Å². The Balaban J connectivity index is 1.49. The molecule has 0 aliphatic carbocycles. The van der Waals surface area contributed by atoms with Crippen LogP contribution >= 0.6 is 0 Å². The predicted octanol–water partition coefficient (Wildman–Crippen LogP) is 3.13. The summed E-state index contributed by atoms with van der Waals surface area (Å²) in [6.07, 6.45) is 4.80. The van der Waals surface area contributed by atoms with Crippen LogP contribution in [0.2, 0.25) is 0 Å². The molecular formula is C17H23N3O2. The van der Waals surface area contributed by atoms with E-state index in [-0.39, 0.29) is 0 Å². The van der Waals surface area contributed by atoms with Crippen molar-refractivity contribution >= 4 is 5.82 Å². The second-order valence-corrected chi connectivity index (χ2v) is 4.97. The van der Waals surface area contributed by atoms with Crippen molar-refractivity contribution in [2.45, 2.75) is 25.9 Å². The highest BCUT2D eigenvalue weighted by Crippen LogP contribution is 2.14. The number of hydrogen-bond acceptors (Lipinski definition) is 5. The van der Waals surface area contributed by atoms with Crippen molar-refractivity contribution in [1.82, 2.24) is 4.98 Å². The van der Waals surface area contributed by atoms with Crippen LogP contribution in [-0.2, 0) is 11.3 Å². The molecule has 0 aliphatic rings. The number of hydrogen-bond donors (Lipinski definition) is 2. The van der Waals surface area contributed by atoms with Crippen LogP contribution in [0.4, 0.5) is 5.82 Å². The normalized spacial score (nSPS) is 10.4. The molecule has 1 aromatic carbocycles. The third-order valence-electron chi connectivity index (χ3n) is 3.19. The Kier molecular flexibility index (Phi) is 7.21. The average molecular weight is 301 g/mol. The number of nitrogens with zero attached hydrogens (tertiary/aromatic N) is 1. The first-order valence-corrected chi connectivity index (χ1v) is 7.55. The topological polar surface area (TPSA) is 69.4 Å². The zero-order valence-corrected chi connectivity index (χ0v) is 12.7. The van der Waals surface area contributed by atoms with Crippen LogP contribution in [0.25, 0.3) is 0 Å². The molecule has 2 rings (SSSR count). The van der Waals surface area contributed by atoms with Crippen LogP contribution in [0.1, 0.15) is 24.8 Å². The van der Waals surface area contributed by atoms with Gasteiger partial charge in [-0.2, -0.15) is 0 Å². The zero-order chi connectivity index (χ0) is 15.5. The number of nitrogen functional groups attached to an aromatic ring is 1. The minimum absolute atomic E-state index is 0.604. The number of nitrogens with one attached hydrogen (secondary N) is 1. The van der Waals surface area contributed by atoms with E-state index in [4.69, 9.17) is 15.3 Å². The maximum atomic E-state index is 5.65. The van der Waals surface area contributed by atoms with Crippen molar-refractivity contribution in [3.05, 3.63) is 54.2 Å². The average Bonchev–Trinajstić information content (AvgIpc) is 2.58. The van der Waals surface area contributed by atoms with Gasteiger partial charge in [-0.1, -0.05) is 30.3 Å². The Morgan fingerprint density at radius 1 is 1.00 bits per heavy atom. The summed E-state index contributed by atoms with van der Waals surface area (Å²) in [5.74, 6) is 6.69. The molecule has 0 amide bonds. The molecule has 1 aromatic heterocycles. The van der Waals surface area contributed by atoms with Crippen LogP contribution in [0.5, 0.6) is 5.75 Å². The number of anilines is 1. The second kappa shape index (κ2) is 9.76. The third-order valence-corrected chi connectivity index (χ3v) is 3.19. The number of rotatable bonds is 10. The van der Waals surface area contributed by atoms with E-state index in [1.807, 2.05) is 24.3 Å². The van der Waals surface area contributed by atoms with E-state index < -0.39 is 0 Å². The molecule has 2 aromatic rings. The molecule has 0 radical (unpaired) electrons. The molecular weight excluding hydrogens is 278 g/mol. The van der Waals surface area contributed by atoms with E-state index in [0.717, 1.165) is 31.6 Å². The number of pyridine rings is 1.